The number of nitrogens with zero attached hydrogens (tertiary/aromatic N) is 2. The molecule has 0 unspecified atom stereocenters. The van der Waals surface area contributed by atoms with Gasteiger partial charge in [-0.15, -0.1) is 0 Å². The van der Waals surface area contributed by atoms with Crippen molar-refractivity contribution in [2.45, 2.75) is 12.8 Å². The van der Waals surface area contributed by atoms with Crippen LogP contribution in [0, 0.1) is 11.3 Å². The zero-order valence-corrected chi connectivity index (χ0v) is 16.8. The summed E-state index contributed by atoms with van der Waals surface area (Å²) in [6.45, 7) is 0.819. The number of carbonyl (C=O) groups excluding carboxylic acids is 1. The third-order valence-electron chi connectivity index (χ3n) is 4.44. The molecule has 0 atom stereocenters. The molecule has 3 rings (SSSR count). The Balaban J connectivity index is 1.64. The Hall–Kier alpha value is -3.85. The van der Waals surface area contributed by atoms with Crippen LogP contribution in [0.1, 0.15) is 22.3 Å². The van der Waals surface area contributed by atoms with E-state index in [-0.39, 0.29) is 12.3 Å². The maximum Gasteiger partial charge on any atom is 0.251 e. The molecule has 30 heavy (non-hydrogen) atoms. The minimum Gasteiger partial charge on any atom is -0.497 e. The summed E-state index contributed by atoms with van der Waals surface area (Å²) in [5.74, 6) is 1.14. The van der Waals surface area contributed by atoms with Crippen molar-refractivity contribution in [3.05, 3.63) is 77.9 Å². The number of rotatable bonds is 9. The first-order chi connectivity index (χ1) is 14.7. The van der Waals surface area contributed by atoms with Crippen molar-refractivity contribution < 1.29 is 14.3 Å². The predicted molar refractivity (Wildman–Crippen MR) is 114 cm³/mol. The highest BCUT2D eigenvalue weighted by atomic mass is 16.5. The fourth-order valence-corrected chi connectivity index (χ4v) is 2.91. The van der Waals surface area contributed by atoms with Crippen LogP contribution in [0.3, 0.4) is 0 Å². The van der Waals surface area contributed by atoms with E-state index in [4.69, 9.17) is 14.7 Å². The van der Waals surface area contributed by atoms with Crippen molar-refractivity contribution in [3.63, 3.8) is 0 Å². The number of benzene rings is 2. The Bertz CT molecular complexity index is 1040. The molecule has 0 spiro atoms. The number of pyridine rings is 1. The Morgan fingerprint density at radius 2 is 1.93 bits per heavy atom. The smallest absolute Gasteiger partial charge is 0.251 e. The number of ether oxygens (including phenoxy) is 2. The second-order valence-corrected chi connectivity index (χ2v) is 6.56. The number of hydrogen-bond donors (Lipinski definition) is 1. The fourth-order valence-electron chi connectivity index (χ4n) is 2.91. The Kier molecular flexibility index (Phi) is 7.39. The van der Waals surface area contributed by atoms with Crippen LogP contribution in [-0.2, 0) is 6.42 Å². The Morgan fingerprint density at radius 1 is 1.10 bits per heavy atom. The van der Waals surface area contributed by atoms with Crippen LogP contribution in [0.25, 0.3) is 11.3 Å². The summed E-state index contributed by atoms with van der Waals surface area (Å²) in [4.78, 5) is 16.8. The Morgan fingerprint density at radius 3 is 2.77 bits per heavy atom. The van der Waals surface area contributed by atoms with E-state index in [2.05, 4.69) is 10.3 Å². The molecule has 2 aromatic carbocycles. The third kappa shape index (κ3) is 5.82. The van der Waals surface area contributed by atoms with E-state index >= 15 is 0 Å². The molecule has 152 valence electrons. The molecule has 0 saturated carbocycles. The number of methoxy groups -OCH3 is 1. The van der Waals surface area contributed by atoms with Gasteiger partial charge in [0.2, 0.25) is 5.88 Å². The fraction of sp³-hybridized carbons (Fsp3) is 0.208. The lowest BCUT2D eigenvalue weighted by atomic mass is 10.1. The first-order valence-electron chi connectivity index (χ1n) is 9.68. The molecule has 1 N–H and O–H groups in total. The summed E-state index contributed by atoms with van der Waals surface area (Å²) < 4.78 is 11.1. The van der Waals surface area contributed by atoms with Gasteiger partial charge < -0.3 is 14.8 Å². The van der Waals surface area contributed by atoms with Crippen LogP contribution < -0.4 is 14.8 Å². The van der Waals surface area contributed by atoms with E-state index in [1.165, 1.54) is 0 Å². The van der Waals surface area contributed by atoms with Crippen molar-refractivity contribution in [3.8, 4) is 29.0 Å². The first-order valence-corrected chi connectivity index (χ1v) is 9.68. The van der Waals surface area contributed by atoms with Gasteiger partial charge in [0.1, 0.15) is 5.75 Å². The lowest BCUT2D eigenvalue weighted by Gasteiger charge is -2.09. The maximum absolute atomic E-state index is 12.2. The monoisotopic (exact) mass is 401 g/mol. The van der Waals surface area contributed by atoms with Gasteiger partial charge in [0.15, 0.2) is 0 Å². The molecule has 1 aromatic heterocycles. The molecule has 0 aliphatic rings. The predicted octanol–water partition coefficient (Wildman–Crippen LogP) is 4.02. The lowest BCUT2D eigenvalue weighted by molar-refractivity contribution is 0.0954. The highest BCUT2D eigenvalue weighted by Gasteiger charge is 2.08. The summed E-state index contributed by atoms with van der Waals surface area (Å²) >= 11 is 0. The summed E-state index contributed by atoms with van der Waals surface area (Å²) in [6.07, 6.45) is 1.02. The molecule has 0 fully saturated rings. The minimum absolute atomic E-state index is 0.210. The number of amides is 1. The summed E-state index contributed by atoms with van der Waals surface area (Å²) in [6, 6.07) is 22.7. The molecule has 3 aromatic rings. The van der Waals surface area contributed by atoms with Crippen molar-refractivity contribution >= 4 is 5.91 Å². The quantitative estimate of drug-likeness (QED) is 0.548. The standard InChI is InChI=1S/C24H23N3O3/c1-29-21-9-2-6-18(16-21)12-15-30-23-11-4-10-22(27-23)19-7-3-8-20(17-19)24(28)26-14-5-13-25/h2-4,6-11,16-17H,5,12,14-15H2,1H3,(H,26,28). The minimum atomic E-state index is -0.210. The molecule has 1 heterocycles. The van der Waals surface area contributed by atoms with E-state index in [1.54, 1.807) is 19.2 Å². The molecule has 0 aliphatic carbocycles. The first kappa shape index (κ1) is 20.9. The van der Waals surface area contributed by atoms with E-state index in [1.807, 2.05) is 60.7 Å². The van der Waals surface area contributed by atoms with E-state index in [9.17, 15) is 4.79 Å². The highest BCUT2D eigenvalue weighted by Crippen LogP contribution is 2.21. The average Bonchev–Trinajstić information content (AvgIpc) is 2.79. The van der Waals surface area contributed by atoms with Crippen LogP contribution in [0.5, 0.6) is 11.6 Å². The van der Waals surface area contributed by atoms with Crippen LogP contribution in [0.15, 0.2) is 66.7 Å². The van der Waals surface area contributed by atoms with Gasteiger partial charge in [0.25, 0.3) is 5.91 Å². The maximum atomic E-state index is 12.2. The zero-order valence-electron chi connectivity index (χ0n) is 16.8. The van der Waals surface area contributed by atoms with E-state index in [0.717, 1.165) is 29.0 Å². The molecule has 6 nitrogen and oxygen atoms in total. The van der Waals surface area contributed by atoms with Gasteiger partial charge in [0, 0.05) is 30.2 Å². The van der Waals surface area contributed by atoms with Crippen molar-refractivity contribution in [2.75, 3.05) is 20.3 Å². The second kappa shape index (κ2) is 10.6. The van der Waals surface area contributed by atoms with Crippen LogP contribution in [0.2, 0.25) is 0 Å². The summed E-state index contributed by atoms with van der Waals surface area (Å²) in [5, 5.41) is 11.3. The molecule has 1 amide bonds. The van der Waals surface area contributed by atoms with E-state index in [0.29, 0.717) is 24.6 Å². The van der Waals surface area contributed by atoms with Gasteiger partial charge >= 0.3 is 0 Å². The number of nitrogens with one attached hydrogen (secondary N) is 1. The number of carbonyl (C=O) groups is 1. The highest BCUT2D eigenvalue weighted by molar-refractivity contribution is 5.95. The molecular formula is C24H23N3O3. The molecule has 0 bridgehead atoms. The number of aromatic nitrogens is 1. The molecule has 0 saturated heterocycles. The summed E-state index contributed by atoms with van der Waals surface area (Å²) in [7, 11) is 1.65. The van der Waals surface area contributed by atoms with Gasteiger partial charge in [-0.1, -0.05) is 30.3 Å². The normalized spacial score (nSPS) is 10.1. The molecular weight excluding hydrogens is 378 g/mol. The van der Waals surface area contributed by atoms with Crippen molar-refractivity contribution in [1.82, 2.24) is 10.3 Å². The van der Waals surface area contributed by atoms with Gasteiger partial charge in [-0.25, -0.2) is 4.98 Å². The topological polar surface area (TPSA) is 84.2 Å². The van der Waals surface area contributed by atoms with Crippen LogP contribution in [0.4, 0.5) is 0 Å². The van der Waals surface area contributed by atoms with Crippen LogP contribution >= 0.6 is 0 Å². The molecule has 6 heteroatoms. The molecule has 0 radical (unpaired) electrons. The number of nitriles is 1. The number of hydrogen-bond acceptors (Lipinski definition) is 5. The van der Waals surface area contributed by atoms with Crippen molar-refractivity contribution in [1.29, 1.82) is 5.26 Å². The second-order valence-electron chi connectivity index (χ2n) is 6.56. The van der Waals surface area contributed by atoms with Gasteiger partial charge in [-0.2, -0.15) is 5.26 Å². The SMILES string of the molecule is COc1cccc(CCOc2cccc(-c3cccc(C(=O)NCCC#N)c3)n2)c1. The lowest BCUT2D eigenvalue weighted by Crippen LogP contribution is -2.24. The Labute approximate surface area is 176 Å². The summed E-state index contributed by atoms with van der Waals surface area (Å²) in [5.41, 5.74) is 3.19. The van der Waals surface area contributed by atoms with E-state index < -0.39 is 0 Å². The third-order valence-corrected chi connectivity index (χ3v) is 4.44. The average molecular weight is 401 g/mol. The van der Waals surface area contributed by atoms with Gasteiger partial charge in [0.05, 0.1) is 31.9 Å². The van der Waals surface area contributed by atoms with Gasteiger partial charge in [-0.05, 0) is 35.9 Å². The zero-order chi connectivity index (χ0) is 21.2. The van der Waals surface area contributed by atoms with Crippen LogP contribution in [-0.4, -0.2) is 31.2 Å². The van der Waals surface area contributed by atoms with Crippen molar-refractivity contribution in [2.24, 2.45) is 0 Å². The molecule has 0 aliphatic heterocycles. The largest absolute Gasteiger partial charge is 0.497 e. The van der Waals surface area contributed by atoms with Gasteiger partial charge in [-0.3, -0.25) is 4.79 Å².